The Bertz CT molecular complexity index is 1530. The lowest BCUT2D eigenvalue weighted by atomic mass is 9.95. The molecular weight excluding hydrogens is 485 g/mol. The van der Waals surface area contributed by atoms with Gasteiger partial charge in [-0.05, 0) is 70.3 Å². The summed E-state index contributed by atoms with van der Waals surface area (Å²) in [6, 6.07) is 21.4. The zero-order valence-corrected chi connectivity index (χ0v) is 21.4. The first-order valence-corrected chi connectivity index (χ1v) is 12.8. The minimum absolute atomic E-state index is 0.118. The second kappa shape index (κ2) is 12.2. The summed E-state index contributed by atoms with van der Waals surface area (Å²) in [6.45, 7) is 1.99. The van der Waals surface area contributed by atoms with E-state index in [1.54, 1.807) is 13.1 Å². The number of hydrogen-bond acceptors (Lipinski definition) is 4. The van der Waals surface area contributed by atoms with E-state index in [-0.39, 0.29) is 11.6 Å². The predicted molar refractivity (Wildman–Crippen MR) is 152 cm³/mol. The van der Waals surface area contributed by atoms with Crippen molar-refractivity contribution in [1.82, 2.24) is 4.98 Å². The molecule has 0 aliphatic heterocycles. The molecule has 0 saturated heterocycles. The van der Waals surface area contributed by atoms with Crippen LogP contribution in [0.15, 0.2) is 101 Å². The second-order valence-electron chi connectivity index (χ2n) is 8.21. The van der Waals surface area contributed by atoms with Crippen LogP contribution in [0.3, 0.4) is 0 Å². The molecule has 0 aliphatic carbocycles. The molecule has 0 amide bonds. The van der Waals surface area contributed by atoms with E-state index < -0.39 is 5.97 Å². The van der Waals surface area contributed by atoms with Gasteiger partial charge in [0.05, 0.1) is 10.8 Å². The third-order valence-electron chi connectivity index (χ3n) is 5.62. The summed E-state index contributed by atoms with van der Waals surface area (Å²) >= 11 is 1.13. The summed E-state index contributed by atoms with van der Waals surface area (Å²) in [4.78, 5) is 24.4. The lowest BCUT2D eigenvalue weighted by Gasteiger charge is -2.12. The molecule has 1 N–H and O–H groups in total. The predicted octanol–water partition coefficient (Wildman–Crippen LogP) is 7.27. The van der Waals surface area contributed by atoms with E-state index in [4.69, 9.17) is 5.11 Å². The molecule has 3 aromatic carbocycles. The molecule has 0 atom stereocenters. The van der Waals surface area contributed by atoms with Crippen molar-refractivity contribution in [1.29, 1.82) is 0 Å². The number of benzene rings is 3. The number of aromatic nitrogens is 1. The molecule has 4 aromatic rings. The standard InChI is InChI=1S/C30H26FN3O2S/c1-3-4-9-28(37-19-29(35)36)34-30(32-2)25-16-23(15-24(17-25)26-18-33-13-12-27(26)31)22-11-10-20-7-5-6-8-21(20)14-22/h4-18H,3,19H2,1-2H3,(H,35,36)/b9-4+,32-30?,34-28?. The number of hydrogen-bond donors (Lipinski definition) is 1. The van der Waals surface area contributed by atoms with Crippen LogP contribution in [0, 0.1) is 5.82 Å². The normalized spacial score (nSPS) is 12.4. The highest BCUT2D eigenvalue weighted by atomic mass is 32.2. The first-order valence-electron chi connectivity index (χ1n) is 11.8. The Labute approximate surface area is 219 Å². The number of carboxylic acid groups (broad SMARTS) is 1. The van der Waals surface area contributed by atoms with E-state index in [1.165, 1.54) is 18.5 Å². The lowest BCUT2D eigenvalue weighted by Crippen LogP contribution is -2.05. The highest BCUT2D eigenvalue weighted by Crippen LogP contribution is 2.31. The second-order valence-corrected chi connectivity index (χ2v) is 9.20. The van der Waals surface area contributed by atoms with Gasteiger partial charge in [0.25, 0.3) is 0 Å². The number of carbonyl (C=O) groups is 1. The molecule has 0 fully saturated rings. The van der Waals surface area contributed by atoms with Crippen LogP contribution in [0.4, 0.5) is 4.39 Å². The number of allylic oxidation sites excluding steroid dienone is 1. The van der Waals surface area contributed by atoms with E-state index in [0.717, 1.165) is 40.1 Å². The first kappa shape index (κ1) is 26.0. The topological polar surface area (TPSA) is 74.9 Å². The zero-order chi connectivity index (χ0) is 26.2. The van der Waals surface area contributed by atoms with Crippen molar-refractivity contribution in [2.24, 2.45) is 9.98 Å². The van der Waals surface area contributed by atoms with Crippen LogP contribution in [-0.4, -0.2) is 39.7 Å². The number of aliphatic carboxylic acids is 1. The van der Waals surface area contributed by atoms with Crippen molar-refractivity contribution in [3.63, 3.8) is 0 Å². The average molecular weight is 512 g/mol. The van der Waals surface area contributed by atoms with Gasteiger partial charge in [-0.1, -0.05) is 61.2 Å². The molecule has 4 rings (SSSR count). The maximum Gasteiger partial charge on any atom is 0.313 e. The largest absolute Gasteiger partial charge is 0.481 e. The Morgan fingerprint density at radius 3 is 2.54 bits per heavy atom. The molecule has 186 valence electrons. The summed E-state index contributed by atoms with van der Waals surface area (Å²) in [5, 5.41) is 11.9. The molecule has 7 heteroatoms. The number of carboxylic acids is 1. The van der Waals surface area contributed by atoms with Crippen LogP contribution >= 0.6 is 11.8 Å². The highest BCUT2D eigenvalue weighted by molar-refractivity contribution is 8.14. The number of rotatable bonds is 7. The molecule has 5 nitrogen and oxygen atoms in total. The van der Waals surface area contributed by atoms with E-state index in [1.807, 2.05) is 49.4 Å². The van der Waals surface area contributed by atoms with Crippen LogP contribution in [0.1, 0.15) is 18.9 Å². The molecule has 0 radical (unpaired) electrons. The summed E-state index contributed by atoms with van der Waals surface area (Å²) in [6.07, 6.45) is 7.43. The summed E-state index contributed by atoms with van der Waals surface area (Å²) in [7, 11) is 1.63. The molecular formula is C30H26FN3O2S. The molecule has 0 spiro atoms. The molecule has 0 saturated carbocycles. The number of fused-ring (bicyclic) bond motifs is 1. The van der Waals surface area contributed by atoms with Gasteiger partial charge in [-0.3, -0.25) is 14.8 Å². The Morgan fingerprint density at radius 2 is 1.81 bits per heavy atom. The summed E-state index contributed by atoms with van der Waals surface area (Å²) < 4.78 is 14.8. The molecule has 1 heterocycles. The van der Waals surface area contributed by atoms with Gasteiger partial charge in [0.2, 0.25) is 0 Å². The molecule has 0 unspecified atom stereocenters. The van der Waals surface area contributed by atoms with Gasteiger partial charge in [-0.2, -0.15) is 0 Å². The van der Waals surface area contributed by atoms with Crippen molar-refractivity contribution in [3.8, 4) is 22.3 Å². The van der Waals surface area contributed by atoms with Gasteiger partial charge in [-0.25, -0.2) is 9.38 Å². The maximum atomic E-state index is 14.8. The Kier molecular flexibility index (Phi) is 8.59. The van der Waals surface area contributed by atoms with Crippen LogP contribution in [0.25, 0.3) is 33.0 Å². The fourth-order valence-electron chi connectivity index (χ4n) is 3.86. The maximum absolute atomic E-state index is 14.8. The lowest BCUT2D eigenvalue weighted by molar-refractivity contribution is -0.133. The van der Waals surface area contributed by atoms with Gasteiger partial charge in [0, 0.05) is 30.6 Å². The molecule has 37 heavy (non-hydrogen) atoms. The van der Waals surface area contributed by atoms with E-state index in [2.05, 4.69) is 39.2 Å². The first-order chi connectivity index (χ1) is 18.0. The fraction of sp³-hybridized carbons (Fsp3) is 0.133. The van der Waals surface area contributed by atoms with Crippen LogP contribution in [0.2, 0.25) is 0 Å². The fourth-order valence-corrected chi connectivity index (χ4v) is 4.47. The summed E-state index contributed by atoms with van der Waals surface area (Å²) in [5.74, 6) is -1.00. The van der Waals surface area contributed by atoms with E-state index in [0.29, 0.717) is 27.6 Å². The smallest absolute Gasteiger partial charge is 0.313 e. The molecule has 0 aliphatic rings. The van der Waals surface area contributed by atoms with Crippen molar-refractivity contribution in [2.45, 2.75) is 13.3 Å². The van der Waals surface area contributed by atoms with Gasteiger partial charge in [-0.15, -0.1) is 0 Å². The Morgan fingerprint density at radius 1 is 1.03 bits per heavy atom. The number of amidine groups is 1. The van der Waals surface area contributed by atoms with Crippen molar-refractivity contribution in [2.75, 3.05) is 12.8 Å². The minimum atomic E-state index is -0.926. The van der Waals surface area contributed by atoms with E-state index >= 15 is 0 Å². The van der Waals surface area contributed by atoms with Crippen molar-refractivity contribution < 1.29 is 14.3 Å². The third-order valence-corrected chi connectivity index (χ3v) is 6.53. The molecule has 1 aromatic heterocycles. The highest BCUT2D eigenvalue weighted by Gasteiger charge is 2.13. The van der Waals surface area contributed by atoms with Gasteiger partial charge in [0.1, 0.15) is 5.82 Å². The SMILES string of the molecule is CC/C=C/C(=NC(=NC)c1cc(-c2ccc3ccccc3c2)cc(-c2cnccc2F)c1)SCC(=O)O. The quantitative estimate of drug-likeness (QED) is 0.209. The zero-order valence-electron chi connectivity index (χ0n) is 20.6. The van der Waals surface area contributed by atoms with Crippen LogP contribution < -0.4 is 0 Å². The van der Waals surface area contributed by atoms with Crippen LogP contribution in [-0.2, 0) is 4.79 Å². The summed E-state index contributed by atoms with van der Waals surface area (Å²) in [5.41, 5.74) is 3.55. The third kappa shape index (κ3) is 6.57. The van der Waals surface area contributed by atoms with Crippen molar-refractivity contribution >= 4 is 39.4 Å². The Balaban J connectivity index is 1.87. The van der Waals surface area contributed by atoms with Crippen LogP contribution in [0.5, 0.6) is 0 Å². The number of halogens is 1. The molecule has 0 bridgehead atoms. The number of thioether (sulfide) groups is 1. The Hall–Kier alpha value is -4.10. The number of pyridine rings is 1. The average Bonchev–Trinajstić information content (AvgIpc) is 2.92. The van der Waals surface area contributed by atoms with Gasteiger partial charge < -0.3 is 5.11 Å². The monoisotopic (exact) mass is 511 g/mol. The number of nitrogens with zero attached hydrogens (tertiary/aromatic N) is 3. The minimum Gasteiger partial charge on any atom is -0.481 e. The van der Waals surface area contributed by atoms with Crippen molar-refractivity contribution in [3.05, 3.63) is 103 Å². The van der Waals surface area contributed by atoms with Gasteiger partial charge in [0.15, 0.2) is 5.84 Å². The number of aliphatic imine (C=N–C) groups is 2. The van der Waals surface area contributed by atoms with Gasteiger partial charge >= 0.3 is 5.97 Å². The van der Waals surface area contributed by atoms with E-state index in [9.17, 15) is 9.18 Å².